The third kappa shape index (κ3) is 5.40. The first kappa shape index (κ1) is 21.4. The van der Waals surface area contributed by atoms with E-state index in [9.17, 15) is 4.79 Å². The van der Waals surface area contributed by atoms with E-state index in [1.165, 1.54) is 6.08 Å². The van der Waals surface area contributed by atoms with Crippen molar-refractivity contribution in [1.29, 1.82) is 0 Å². The monoisotopic (exact) mass is 412 g/mol. The van der Waals surface area contributed by atoms with Gasteiger partial charge in [-0.25, -0.2) is 4.98 Å². The maximum atomic E-state index is 12.3. The van der Waals surface area contributed by atoms with Crippen molar-refractivity contribution in [1.82, 2.24) is 15.3 Å². The molecule has 1 saturated heterocycles. The number of methoxy groups -OCH3 is 3. The molecular formula is C22H28N4O4. The molecular weight excluding hydrogens is 384 g/mol. The molecule has 1 amide bonds. The fraction of sp³-hybridized carbons (Fsp3) is 0.409. The van der Waals surface area contributed by atoms with Gasteiger partial charge in [0.25, 0.3) is 0 Å². The van der Waals surface area contributed by atoms with E-state index in [2.05, 4.69) is 20.2 Å². The second-order valence-electron chi connectivity index (χ2n) is 7.03. The lowest BCUT2D eigenvalue weighted by atomic mass is 9.97. The lowest BCUT2D eigenvalue weighted by Crippen LogP contribution is -2.38. The predicted octanol–water partition coefficient (Wildman–Crippen LogP) is 2.55. The number of aromatic nitrogens is 2. The standard InChI is InChI=1S/C22H28N4O4/c1-28-18-12-17(13-19(29-2)22(18)30-3)4-5-21(27)25-14-16-6-10-26(11-7-16)20-15-23-8-9-24-20/h4-5,8-9,12-13,15-16H,6-7,10-11,14H2,1-3H3,(H,25,27)/b5-4+. The van der Waals surface area contributed by atoms with Gasteiger partial charge in [-0.1, -0.05) is 0 Å². The van der Waals surface area contributed by atoms with Crippen molar-refractivity contribution in [3.63, 3.8) is 0 Å². The van der Waals surface area contributed by atoms with Gasteiger partial charge in [0.15, 0.2) is 11.5 Å². The second-order valence-corrected chi connectivity index (χ2v) is 7.03. The molecule has 0 unspecified atom stereocenters. The zero-order valence-electron chi connectivity index (χ0n) is 17.6. The first-order valence-electron chi connectivity index (χ1n) is 9.91. The molecule has 0 spiro atoms. The molecule has 0 radical (unpaired) electrons. The molecule has 2 heterocycles. The Balaban J connectivity index is 1.50. The SMILES string of the molecule is COc1cc(/C=C/C(=O)NCC2CCN(c3cnccn3)CC2)cc(OC)c1OC. The summed E-state index contributed by atoms with van der Waals surface area (Å²) in [7, 11) is 4.68. The van der Waals surface area contributed by atoms with Crippen molar-refractivity contribution in [2.45, 2.75) is 12.8 Å². The largest absolute Gasteiger partial charge is 0.493 e. The van der Waals surface area contributed by atoms with E-state index >= 15 is 0 Å². The summed E-state index contributed by atoms with van der Waals surface area (Å²) in [5.41, 5.74) is 0.789. The lowest BCUT2D eigenvalue weighted by molar-refractivity contribution is -0.116. The molecule has 1 aliphatic rings. The summed E-state index contributed by atoms with van der Waals surface area (Å²) in [5, 5.41) is 3.00. The van der Waals surface area contributed by atoms with Crippen LogP contribution in [0.1, 0.15) is 18.4 Å². The van der Waals surface area contributed by atoms with Crippen molar-refractivity contribution in [3.8, 4) is 17.2 Å². The summed E-state index contributed by atoms with van der Waals surface area (Å²) in [6, 6.07) is 3.60. The van der Waals surface area contributed by atoms with Gasteiger partial charge >= 0.3 is 0 Å². The van der Waals surface area contributed by atoms with Crippen molar-refractivity contribution < 1.29 is 19.0 Å². The highest BCUT2D eigenvalue weighted by atomic mass is 16.5. The van der Waals surface area contributed by atoms with Crippen LogP contribution in [-0.4, -0.2) is 56.8 Å². The third-order valence-corrected chi connectivity index (χ3v) is 5.17. The Morgan fingerprint density at radius 3 is 2.40 bits per heavy atom. The Labute approximate surface area is 176 Å². The third-order valence-electron chi connectivity index (χ3n) is 5.17. The number of hydrogen-bond donors (Lipinski definition) is 1. The van der Waals surface area contributed by atoms with Crippen LogP contribution < -0.4 is 24.4 Å². The molecule has 1 aromatic heterocycles. The predicted molar refractivity (Wildman–Crippen MR) is 115 cm³/mol. The Morgan fingerprint density at radius 1 is 1.13 bits per heavy atom. The number of nitrogens with zero attached hydrogens (tertiary/aromatic N) is 3. The number of hydrogen-bond acceptors (Lipinski definition) is 7. The first-order valence-corrected chi connectivity index (χ1v) is 9.91. The van der Waals surface area contributed by atoms with Crippen LogP contribution in [0.15, 0.2) is 36.8 Å². The van der Waals surface area contributed by atoms with Gasteiger partial charge in [-0.15, -0.1) is 0 Å². The average molecular weight is 412 g/mol. The first-order chi connectivity index (χ1) is 14.6. The number of anilines is 1. The zero-order chi connectivity index (χ0) is 21.3. The normalized spacial score (nSPS) is 14.6. The molecule has 0 bridgehead atoms. The highest BCUT2D eigenvalue weighted by molar-refractivity contribution is 5.91. The smallest absolute Gasteiger partial charge is 0.244 e. The summed E-state index contributed by atoms with van der Waals surface area (Å²) >= 11 is 0. The van der Waals surface area contributed by atoms with Crippen LogP contribution in [-0.2, 0) is 4.79 Å². The lowest BCUT2D eigenvalue weighted by Gasteiger charge is -2.32. The Morgan fingerprint density at radius 2 is 1.83 bits per heavy atom. The van der Waals surface area contributed by atoms with Crippen molar-refractivity contribution >= 4 is 17.8 Å². The van der Waals surface area contributed by atoms with E-state index in [1.807, 2.05) is 0 Å². The van der Waals surface area contributed by atoms with Gasteiger partial charge in [0, 0.05) is 38.1 Å². The van der Waals surface area contributed by atoms with Gasteiger partial charge in [0.05, 0.1) is 27.5 Å². The van der Waals surface area contributed by atoms with E-state index in [0.29, 0.717) is 29.7 Å². The number of amides is 1. The Bertz CT molecular complexity index is 840. The van der Waals surface area contributed by atoms with Crippen LogP contribution in [0, 0.1) is 5.92 Å². The quantitative estimate of drug-likeness (QED) is 0.667. The maximum Gasteiger partial charge on any atom is 0.244 e. The second kappa shape index (κ2) is 10.5. The molecule has 30 heavy (non-hydrogen) atoms. The minimum atomic E-state index is -0.125. The molecule has 1 fully saturated rings. The van der Waals surface area contributed by atoms with Gasteiger partial charge in [-0.05, 0) is 42.5 Å². The maximum absolute atomic E-state index is 12.3. The number of rotatable bonds is 8. The highest BCUT2D eigenvalue weighted by Crippen LogP contribution is 2.38. The molecule has 0 saturated carbocycles. The van der Waals surface area contributed by atoms with Crippen LogP contribution in [0.2, 0.25) is 0 Å². The van der Waals surface area contributed by atoms with Gasteiger partial charge in [0.1, 0.15) is 5.82 Å². The molecule has 1 aliphatic heterocycles. The van der Waals surface area contributed by atoms with Crippen LogP contribution in [0.4, 0.5) is 5.82 Å². The summed E-state index contributed by atoms with van der Waals surface area (Å²) in [6.07, 6.45) is 10.4. The van der Waals surface area contributed by atoms with Crippen LogP contribution in [0.5, 0.6) is 17.2 Å². The van der Waals surface area contributed by atoms with Crippen molar-refractivity contribution in [2.75, 3.05) is 45.9 Å². The Hall–Kier alpha value is -3.29. The van der Waals surface area contributed by atoms with Gasteiger partial charge < -0.3 is 24.4 Å². The van der Waals surface area contributed by atoms with Crippen LogP contribution in [0.3, 0.4) is 0 Å². The molecule has 8 heteroatoms. The van der Waals surface area contributed by atoms with E-state index in [0.717, 1.165) is 37.3 Å². The number of piperidine rings is 1. The molecule has 8 nitrogen and oxygen atoms in total. The molecule has 1 aromatic carbocycles. The topological polar surface area (TPSA) is 85.8 Å². The molecule has 160 valence electrons. The number of carbonyl (C=O) groups is 1. The summed E-state index contributed by atoms with van der Waals surface area (Å²) in [6.45, 7) is 2.49. The summed E-state index contributed by atoms with van der Waals surface area (Å²) in [5.74, 6) is 2.86. The van der Waals surface area contributed by atoms with Crippen molar-refractivity contribution in [2.24, 2.45) is 5.92 Å². The fourth-order valence-corrected chi connectivity index (χ4v) is 3.49. The molecule has 2 aromatic rings. The minimum absolute atomic E-state index is 0.125. The average Bonchev–Trinajstić information content (AvgIpc) is 2.81. The van der Waals surface area contributed by atoms with E-state index in [-0.39, 0.29) is 5.91 Å². The van der Waals surface area contributed by atoms with Gasteiger partial charge in [0.2, 0.25) is 11.7 Å². The molecule has 1 N–H and O–H groups in total. The molecule has 0 aliphatic carbocycles. The van der Waals surface area contributed by atoms with Gasteiger partial charge in [-0.3, -0.25) is 9.78 Å². The van der Waals surface area contributed by atoms with Crippen LogP contribution in [0.25, 0.3) is 6.08 Å². The van der Waals surface area contributed by atoms with Gasteiger partial charge in [-0.2, -0.15) is 0 Å². The molecule has 0 atom stereocenters. The van der Waals surface area contributed by atoms with E-state index < -0.39 is 0 Å². The van der Waals surface area contributed by atoms with E-state index in [1.54, 1.807) is 58.1 Å². The van der Waals surface area contributed by atoms with E-state index in [4.69, 9.17) is 14.2 Å². The Kier molecular flexibility index (Phi) is 7.48. The highest BCUT2D eigenvalue weighted by Gasteiger charge is 2.20. The number of benzene rings is 1. The molecule has 3 rings (SSSR count). The van der Waals surface area contributed by atoms with Crippen LogP contribution >= 0.6 is 0 Å². The zero-order valence-corrected chi connectivity index (χ0v) is 17.6. The number of carbonyl (C=O) groups excluding carboxylic acids is 1. The fourth-order valence-electron chi connectivity index (χ4n) is 3.49. The summed E-state index contributed by atoms with van der Waals surface area (Å²) < 4.78 is 16.0. The summed E-state index contributed by atoms with van der Waals surface area (Å²) in [4.78, 5) is 23.0. The number of nitrogens with one attached hydrogen (secondary N) is 1. The minimum Gasteiger partial charge on any atom is -0.493 e. The number of ether oxygens (including phenoxy) is 3. The van der Waals surface area contributed by atoms with Crippen molar-refractivity contribution in [3.05, 3.63) is 42.4 Å².